The number of aliphatic carboxylic acids is 1. The van der Waals surface area contributed by atoms with E-state index in [0.717, 1.165) is 11.8 Å². The van der Waals surface area contributed by atoms with Crippen molar-refractivity contribution in [1.29, 1.82) is 0 Å². The summed E-state index contributed by atoms with van der Waals surface area (Å²) in [6.45, 7) is 1.04. The minimum Gasteiger partial charge on any atom is -0.477 e. The van der Waals surface area contributed by atoms with Crippen molar-refractivity contribution in [2.75, 3.05) is 18.1 Å². The summed E-state index contributed by atoms with van der Waals surface area (Å²) in [5, 5.41) is 29.7. The third-order valence-electron chi connectivity index (χ3n) is 2.28. The molecule has 1 rings (SSSR count). The van der Waals surface area contributed by atoms with E-state index in [-0.39, 0.29) is 9.81 Å². The lowest BCUT2D eigenvalue weighted by molar-refractivity contribution is -0.132. The van der Waals surface area contributed by atoms with E-state index in [2.05, 4.69) is 5.32 Å². The molecule has 1 aliphatic heterocycles. The second kappa shape index (κ2) is 7.03. The van der Waals surface area contributed by atoms with Crippen molar-refractivity contribution in [2.45, 2.75) is 19.1 Å². The molecule has 0 aliphatic carbocycles. The van der Waals surface area contributed by atoms with Gasteiger partial charge in [0.15, 0.2) is 0 Å². The summed E-state index contributed by atoms with van der Waals surface area (Å²) >= 11 is 2.30. The van der Waals surface area contributed by atoms with Gasteiger partial charge in [0.2, 0.25) is 0 Å². The number of aliphatic hydroxyl groups excluding tert-OH is 2. The first-order chi connectivity index (χ1) is 8.47. The monoisotopic (exact) mass is 293 g/mol. The molecule has 18 heavy (non-hydrogen) atoms. The number of rotatable bonds is 5. The Hall–Kier alpha value is -0.700. The number of carboxylic acid groups (broad SMARTS) is 1. The fourth-order valence-electron chi connectivity index (χ4n) is 1.30. The summed E-state index contributed by atoms with van der Waals surface area (Å²) < 4.78 is 0. The molecular formula is C10H15NO5S2. The van der Waals surface area contributed by atoms with Crippen molar-refractivity contribution in [3.05, 3.63) is 9.81 Å². The summed E-state index contributed by atoms with van der Waals surface area (Å²) in [6.07, 6.45) is -0.908. The fraction of sp³-hybridized carbons (Fsp3) is 0.600. The molecule has 0 saturated carbocycles. The Morgan fingerprint density at radius 3 is 2.33 bits per heavy atom. The van der Waals surface area contributed by atoms with Crippen LogP contribution in [-0.4, -0.2) is 57.5 Å². The van der Waals surface area contributed by atoms with Crippen LogP contribution in [0.5, 0.6) is 0 Å². The number of hydrogen-bond acceptors (Lipinski definition) is 6. The first-order valence-electron chi connectivity index (χ1n) is 5.30. The third-order valence-corrected chi connectivity index (χ3v) is 4.83. The molecule has 1 amide bonds. The predicted octanol–water partition coefficient (Wildman–Crippen LogP) is -0.380. The quantitative estimate of drug-likeness (QED) is 0.547. The number of nitrogens with one attached hydrogen (secondary N) is 1. The second-order valence-electron chi connectivity index (χ2n) is 3.66. The Balaban J connectivity index is 2.84. The lowest BCUT2D eigenvalue weighted by atomic mass is 10.2. The van der Waals surface area contributed by atoms with Crippen LogP contribution < -0.4 is 5.32 Å². The van der Waals surface area contributed by atoms with Gasteiger partial charge in [-0.3, -0.25) is 4.79 Å². The first-order valence-corrected chi connectivity index (χ1v) is 7.27. The maximum absolute atomic E-state index is 11.9. The summed E-state index contributed by atoms with van der Waals surface area (Å²) in [7, 11) is 0. The molecule has 0 unspecified atom stereocenters. The van der Waals surface area contributed by atoms with E-state index < -0.39 is 30.6 Å². The van der Waals surface area contributed by atoms with Gasteiger partial charge in [-0.25, -0.2) is 4.79 Å². The minimum absolute atomic E-state index is 0.0195. The third kappa shape index (κ3) is 3.91. The molecule has 0 fully saturated rings. The van der Waals surface area contributed by atoms with Crippen LogP contribution in [0.2, 0.25) is 0 Å². The molecular weight excluding hydrogens is 278 g/mol. The van der Waals surface area contributed by atoms with E-state index in [1.807, 2.05) is 0 Å². The van der Waals surface area contributed by atoms with Crippen LogP contribution in [0.15, 0.2) is 9.81 Å². The molecule has 6 nitrogen and oxygen atoms in total. The van der Waals surface area contributed by atoms with Crippen LogP contribution in [0, 0.1) is 0 Å². The number of carbonyl (C=O) groups is 2. The molecule has 2 atom stereocenters. The smallest absolute Gasteiger partial charge is 0.343 e. The lowest BCUT2D eigenvalue weighted by Crippen LogP contribution is -2.45. The number of carboxylic acids is 1. The fourth-order valence-corrected chi connectivity index (χ4v) is 3.48. The Labute approximate surface area is 113 Å². The van der Waals surface area contributed by atoms with Crippen LogP contribution in [0.4, 0.5) is 0 Å². The molecule has 0 aromatic heterocycles. The van der Waals surface area contributed by atoms with Gasteiger partial charge in [0.1, 0.15) is 4.91 Å². The minimum atomic E-state index is -1.13. The topological polar surface area (TPSA) is 107 Å². The van der Waals surface area contributed by atoms with Crippen LogP contribution in [0.3, 0.4) is 0 Å². The Kier molecular flexibility index (Phi) is 6.00. The average Bonchev–Trinajstić information content (AvgIpc) is 2.35. The highest BCUT2D eigenvalue weighted by molar-refractivity contribution is 8.11. The largest absolute Gasteiger partial charge is 0.477 e. The maximum Gasteiger partial charge on any atom is 0.343 e. The van der Waals surface area contributed by atoms with Gasteiger partial charge in [0.05, 0.1) is 23.7 Å². The van der Waals surface area contributed by atoms with Crippen molar-refractivity contribution in [2.24, 2.45) is 0 Å². The maximum atomic E-state index is 11.9. The van der Waals surface area contributed by atoms with Crippen molar-refractivity contribution in [3.63, 3.8) is 0 Å². The molecule has 0 bridgehead atoms. The number of amides is 1. The van der Waals surface area contributed by atoms with Crippen molar-refractivity contribution < 1.29 is 24.9 Å². The van der Waals surface area contributed by atoms with E-state index in [0.29, 0.717) is 11.5 Å². The molecule has 8 heteroatoms. The number of carbonyl (C=O) groups excluding carboxylic acids is 1. The van der Waals surface area contributed by atoms with Gasteiger partial charge < -0.3 is 20.6 Å². The zero-order chi connectivity index (χ0) is 13.7. The molecule has 0 radical (unpaired) electrons. The van der Waals surface area contributed by atoms with E-state index in [4.69, 9.17) is 10.2 Å². The van der Waals surface area contributed by atoms with Gasteiger partial charge in [0, 0.05) is 11.5 Å². The standard InChI is InChI=1S/C10H15NO5S2/c1-5(13)6(4-12)11-9(14)7-8(10(15)16)18-3-2-17-7/h5-6,12-13H,2-4H2,1H3,(H,11,14)(H,15,16)/t5-,6-/m1/s1. The Bertz CT molecular complexity index is 369. The van der Waals surface area contributed by atoms with Gasteiger partial charge in [-0.1, -0.05) is 0 Å². The summed E-state index contributed by atoms with van der Waals surface area (Å²) in [6, 6.07) is -0.799. The first kappa shape index (κ1) is 15.4. The molecule has 4 N–H and O–H groups in total. The molecule has 0 aromatic rings. The molecule has 0 aromatic carbocycles. The number of thioether (sulfide) groups is 2. The van der Waals surface area contributed by atoms with E-state index >= 15 is 0 Å². The van der Waals surface area contributed by atoms with E-state index in [1.165, 1.54) is 18.7 Å². The zero-order valence-electron chi connectivity index (χ0n) is 9.75. The van der Waals surface area contributed by atoms with Gasteiger partial charge in [0.25, 0.3) is 5.91 Å². The second-order valence-corrected chi connectivity index (χ2v) is 5.87. The predicted molar refractivity (Wildman–Crippen MR) is 70.3 cm³/mol. The summed E-state index contributed by atoms with van der Waals surface area (Å²) in [5.74, 6) is -0.398. The van der Waals surface area contributed by atoms with Crippen LogP contribution in [0.25, 0.3) is 0 Å². The van der Waals surface area contributed by atoms with Gasteiger partial charge in [-0.2, -0.15) is 0 Å². The van der Waals surface area contributed by atoms with Gasteiger partial charge >= 0.3 is 5.97 Å². The van der Waals surface area contributed by atoms with Crippen molar-refractivity contribution >= 4 is 35.4 Å². The average molecular weight is 293 g/mol. The van der Waals surface area contributed by atoms with Crippen LogP contribution >= 0.6 is 23.5 Å². The Morgan fingerprint density at radius 1 is 1.33 bits per heavy atom. The zero-order valence-corrected chi connectivity index (χ0v) is 11.4. The molecule has 102 valence electrons. The molecule has 0 spiro atoms. The number of aliphatic hydroxyl groups is 2. The van der Waals surface area contributed by atoms with Gasteiger partial charge in [-0.15, -0.1) is 23.5 Å². The van der Waals surface area contributed by atoms with Crippen LogP contribution in [-0.2, 0) is 9.59 Å². The van der Waals surface area contributed by atoms with E-state index in [9.17, 15) is 14.7 Å². The number of hydrogen-bond donors (Lipinski definition) is 4. The summed E-state index contributed by atoms with van der Waals surface area (Å²) in [5.41, 5.74) is 0. The van der Waals surface area contributed by atoms with Gasteiger partial charge in [-0.05, 0) is 6.92 Å². The van der Waals surface area contributed by atoms with E-state index in [1.54, 1.807) is 0 Å². The highest BCUT2D eigenvalue weighted by Gasteiger charge is 2.27. The van der Waals surface area contributed by atoms with Crippen molar-refractivity contribution in [3.8, 4) is 0 Å². The highest BCUT2D eigenvalue weighted by Crippen LogP contribution is 2.34. The molecule has 0 saturated heterocycles. The normalized spacial score (nSPS) is 19.3. The molecule has 1 aliphatic rings. The SMILES string of the molecule is C[C@@H](O)[C@@H](CO)NC(=O)C1=C(C(=O)O)SCCS1. The molecule has 1 heterocycles. The Morgan fingerprint density at radius 2 is 1.89 bits per heavy atom. The lowest BCUT2D eigenvalue weighted by Gasteiger charge is -2.22. The highest BCUT2D eigenvalue weighted by atomic mass is 32.2. The van der Waals surface area contributed by atoms with Crippen molar-refractivity contribution in [1.82, 2.24) is 5.32 Å². The van der Waals surface area contributed by atoms with Crippen LogP contribution in [0.1, 0.15) is 6.92 Å². The summed E-state index contributed by atoms with van der Waals surface area (Å²) in [4.78, 5) is 23.0.